The van der Waals surface area contributed by atoms with Gasteiger partial charge in [-0.3, -0.25) is 4.79 Å². The van der Waals surface area contributed by atoms with E-state index in [1.165, 1.54) is 24.4 Å². The Labute approximate surface area is 191 Å². The van der Waals surface area contributed by atoms with Gasteiger partial charge in [0.2, 0.25) is 5.91 Å². The van der Waals surface area contributed by atoms with E-state index >= 15 is 0 Å². The Morgan fingerprint density at radius 1 is 1.06 bits per heavy atom. The van der Waals surface area contributed by atoms with Crippen molar-refractivity contribution in [2.24, 2.45) is 0 Å². The second kappa shape index (κ2) is 9.99. The van der Waals surface area contributed by atoms with Crippen LogP contribution in [0.25, 0.3) is 0 Å². The molecule has 8 heteroatoms. The van der Waals surface area contributed by atoms with Crippen molar-refractivity contribution in [3.05, 3.63) is 77.1 Å². The summed E-state index contributed by atoms with van der Waals surface area (Å²) in [6.07, 6.45) is 2.29. The minimum atomic E-state index is -0.373. The van der Waals surface area contributed by atoms with E-state index in [0.717, 1.165) is 29.4 Å². The van der Waals surface area contributed by atoms with Gasteiger partial charge in [0.05, 0.1) is 25.0 Å². The first kappa shape index (κ1) is 22.1. The third-order valence-corrected chi connectivity index (χ3v) is 6.37. The summed E-state index contributed by atoms with van der Waals surface area (Å²) in [4.78, 5) is 26.0. The van der Waals surface area contributed by atoms with Crippen molar-refractivity contribution < 1.29 is 14.3 Å². The number of ether oxygens (including phenoxy) is 1. The van der Waals surface area contributed by atoms with Gasteiger partial charge in [-0.2, -0.15) is 0 Å². The summed E-state index contributed by atoms with van der Waals surface area (Å²) in [7, 11) is 3.13. The number of carbonyl (C=O) groups is 2. The van der Waals surface area contributed by atoms with Gasteiger partial charge in [0.25, 0.3) is 0 Å². The lowest BCUT2D eigenvalue weighted by Gasteiger charge is -2.17. The molecule has 7 nitrogen and oxygen atoms in total. The lowest BCUT2D eigenvalue weighted by molar-refractivity contribution is -0.127. The summed E-state index contributed by atoms with van der Waals surface area (Å²) in [5, 5.41) is 9.59. The molecule has 32 heavy (non-hydrogen) atoms. The Hall–Kier alpha value is -3.13. The van der Waals surface area contributed by atoms with Gasteiger partial charge in [0.1, 0.15) is 5.82 Å². The number of amides is 1. The molecule has 0 spiro atoms. The highest BCUT2D eigenvalue weighted by Gasteiger charge is 2.30. The average Bonchev–Trinajstić information content (AvgIpc) is 3.59. The van der Waals surface area contributed by atoms with Crippen LogP contribution < -0.4 is 0 Å². The predicted molar refractivity (Wildman–Crippen MR) is 123 cm³/mol. The smallest absolute Gasteiger partial charge is 0.337 e. The first-order valence-electron chi connectivity index (χ1n) is 10.6. The largest absolute Gasteiger partial charge is 0.465 e. The van der Waals surface area contributed by atoms with Crippen molar-refractivity contribution in [3.8, 4) is 0 Å². The van der Waals surface area contributed by atoms with E-state index < -0.39 is 0 Å². The van der Waals surface area contributed by atoms with Gasteiger partial charge >= 0.3 is 5.97 Å². The second-order valence-electron chi connectivity index (χ2n) is 7.91. The van der Waals surface area contributed by atoms with E-state index in [1.807, 2.05) is 30.3 Å². The number of carbonyl (C=O) groups excluding carboxylic acids is 2. The Balaban J connectivity index is 1.37. The molecule has 3 aromatic rings. The molecule has 0 aliphatic heterocycles. The summed E-state index contributed by atoms with van der Waals surface area (Å²) < 4.78 is 6.87. The molecule has 1 saturated carbocycles. The van der Waals surface area contributed by atoms with Crippen molar-refractivity contribution in [1.82, 2.24) is 19.7 Å². The second-order valence-corrected chi connectivity index (χ2v) is 8.86. The van der Waals surface area contributed by atoms with Crippen LogP contribution in [0.2, 0.25) is 0 Å². The summed E-state index contributed by atoms with van der Waals surface area (Å²) in [6, 6.07) is 17.3. The van der Waals surface area contributed by atoms with E-state index in [4.69, 9.17) is 4.74 Å². The number of hydrogen-bond donors (Lipinski definition) is 0. The fourth-order valence-corrected chi connectivity index (χ4v) is 4.31. The molecular weight excluding hydrogens is 424 g/mol. The Kier molecular flexibility index (Phi) is 6.90. The number of thioether (sulfide) groups is 1. The van der Waals surface area contributed by atoms with Crippen LogP contribution in [-0.2, 0) is 22.6 Å². The fraction of sp³-hybridized carbons (Fsp3) is 0.333. The number of rotatable bonds is 9. The minimum Gasteiger partial charge on any atom is -0.465 e. The minimum absolute atomic E-state index is 0.00859. The quantitative estimate of drug-likeness (QED) is 0.365. The van der Waals surface area contributed by atoms with Gasteiger partial charge in [0, 0.05) is 19.5 Å². The van der Waals surface area contributed by atoms with Crippen molar-refractivity contribution in [3.63, 3.8) is 0 Å². The van der Waals surface area contributed by atoms with Crippen LogP contribution in [0.5, 0.6) is 0 Å². The molecule has 0 N–H and O–H groups in total. The lowest BCUT2D eigenvalue weighted by Crippen LogP contribution is -2.28. The molecule has 0 saturated heterocycles. The fourth-order valence-electron chi connectivity index (χ4n) is 3.43. The molecule has 1 aliphatic rings. The first-order valence-corrected chi connectivity index (χ1v) is 11.5. The third kappa shape index (κ3) is 5.37. The number of methoxy groups -OCH3 is 1. The van der Waals surface area contributed by atoms with E-state index in [-0.39, 0.29) is 17.6 Å². The third-order valence-electron chi connectivity index (χ3n) is 5.42. The van der Waals surface area contributed by atoms with Crippen molar-refractivity contribution >= 4 is 23.6 Å². The van der Waals surface area contributed by atoms with Gasteiger partial charge in [-0.25, -0.2) is 4.79 Å². The molecule has 0 unspecified atom stereocenters. The molecular formula is C24H26N4O3S. The van der Waals surface area contributed by atoms with Crippen molar-refractivity contribution in [2.75, 3.05) is 19.9 Å². The standard InChI is InChI=1S/C24H26N4O3S/c1-27(14-18-8-10-20(11-9-18)23(30)31-2)21(29)16-32-24-26-25-22(19-12-13-19)28(24)15-17-6-4-3-5-7-17/h3-11,19H,12-16H2,1-2H3. The van der Waals surface area contributed by atoms with Crippen LogP contribution in [0.15, 0.2) is 59.8 Å². The number of nitrogens with zero attached hydrogens (tertiary/aromatic N) is 4. The zero-order valence-electron chi connectivity index (χ0n) is 18.2. The number of esters is 1. The van der Waals surface area contributed by atoms with Crippen LogP contribution in [-0.4, -0.2) is 51.5 Å². The highest BCUT2D eigenvalue weighted by Crippen LogP contribution is 2.40. The van der Waals surface area contributed by atoms with Crippen LogP contribution in [0, 0.1) is 0 Å². The molecule has 4 rings (SSSR count). The van der Waals surface area contributed by atoms with Gasteiger partial charge in [-0.1, -0.05) is 54.2 Å². The normalized spacial score (nSPS) is 13.1. The zero-order chi connectivity index (χ0) is 22.5. The molecule has 0 radical (unpaired) electrons. The maximum atomic E-state index is 12.7. The Morgan fingerprint density at radius 3 is 2.44 bits per heavy atom. The SMILES string of the molecule is COC(=O)c1ccc(CN(C)C(=O)CSc2nnc(C3CC3)n2Cc2ccccc2)cc1. The summed E-state index contributed by atoms with van der Waals surface area (Å²) in [6.45, 7) is 1.17. The van der Waals surface area contributed by atoms with E-state index in [2.05, 4.69) is 26.9 Å². The molecule has 166 valence electrons. The summed E-state index contributed by atoms with van der Waals surface area (Å²) in [5.74, 6) is 1.42. The Morgan fingerprint density at radius 2 is 1.78 bits per heavy atom. The molecule has 1 aliphatic carbocycles. The van der Waals surface area contributed by atoms with Crippen molar-refractivity contribution in [2.45, 2.75) is 37.0 Å². The molecule has 0 atom stereocenters. The molecule has 1 heterocycles. The maximum absolute atomic E-state index is 12.7. The van der Waals surface area contributed by atoms with E-state index in [1.54, 1.807) is 24.1 Å². The summed E-state index contributed by atoms with van der Waals surface area (Å²) >= 11 is 1.43. The van der Waals surface area contributed by atoms with Gasteiger partial charge in [-0.05, 0) is 36.1 Å². The lowest BCUT2D eigenvalue weighted by atomic mass is 10.1. The highest BCUT2D eigenvalue weighted by atomic mass is 32.2. The predicted octanol–water partition coefficient (Wildman–Crippen LogP) is 3.74. The molecule has 1 fully saturated rings. The number of aromatic nitrogens is 3. The molecule has 2 aromatic carbocycles. The number of benzene rings is 2. The topological polar surface area (TPSA) is 77.3 Å². The van der Waals surface area contributed by atoms with Crippen LogP contribution >= 0.6 is 11.8 Å². The van der Waals surface area contributed by atoms with Gasteiger partial charge in [0.15, 0.2) is 5.16 Å². The molecule has 1 amide bonds. The van der Waals surface area contributed by atoms with Crippen LogP contribution in [0.4, 0.5) is 0 Å². The summed E-state index contributed by atoms with van der Waals surface area (Å²) in [5.41, 5.74) is 2.63. The van der Waals surface area contributed by atoms with E-state index in [0.29, 0.717) is 24.6 Å². The molecule has 1 aromatic heterocycles. The maximum Gasteiger partial charge on any atom is 0.337 e. The first-order chi connectivity index (χ1) is 15.5. The van der Waals surface area contributed by atoms with Crippen LogP contribution in [0.3, 0.4) is 0 Å². The average molecular weight is 451 g/mol. The van der Waals surface area contributed by atoms with E-state index in [9.17, 15) is 9.59 Å². The van der Waals surface area contributed by atoms with Gasteiger partial charge in [-0.15, -0.1) is 10.2 Å². The van der Waals surface area contributed by atoms with Crippen molar-refractivity contribution in [1.29, 1.82) is 0 Å². The highest BCUT2D eigenvalue weighted by molar-refractivity contribution is 7.99. The number of hydrogen-bond acceptors (Lipinski definition) is 6. The zero-order valence-corrected chi connectivity index (χ0v) is 19.0. The van der Waals surface area contributed by atoms with Crippen LogP contribution in [0.1, 0.15) is 46.1 Å². The molecule has 0 bridgehead atoms. The van der Waals surface area contributed by atoms with Gasteiger partial charge < -0.3 is 14.2 Å². The Bertz CT molecular complexity index is 1080. The monoisotopic (exact) mass is 450 g/mol.